The van der Waals surface area contributed by atoms with Crippen molar-refractivity contribution in [3.63, 3.8) is 0 Å². The van der Waals surface area contributed by atoms with Gasteiger partial charge < -0.3 is 24.8 Å². The van der Waals surface area contributed by atoms with Gasteiger partial charge in [-0.15, -0.1) is 40.3 Å². The van der Waals surface area contributed by atoms with Crippen molar-refractivity contribution in [1.29, 1.82) is 0 Å². The van der Waals surface area contributed by atoms with E-state index in [1.165, 1.54) is 35.9 Å². The van der Waals surface area contributed by atoms with Crippen LogP contribution >= 0.6 is 7.92 Å². The SMILES string of the molecule is CCCP(CCC)c1cc2ccccc2[cH-]1.[Cl-].[Cl-].[Zr+4].c1cc[cH-]c1. The van der Waals surface area contributed by atoms with E-state index in [-0.39, 0.29) is 58.9 Å². The van der Waals surface area contributed by atoms with E-state index in [0.29, 0.717) is 0 Å². The van der Waals surface area contributed by atoms with Crippen LogP contribution in [0.2, 0.25) is 0 Å². The minimum Gasteiger partial charge on any atom is -1.00 e. The zero-order valence-corrected chi connectivity index (χ0v) is 19.2. The van der Waals surface area contributed by atoms with Crippen LogP contribution < -0.4 is 30.1 Å². The van der Waals surface area contributed by atoms with E-state index in [9.17, 15) is 0 Å². The van der Waals surface area contributed by atoms with E-state index in [2.05, 4.69) is 50.2 Å². The Hall–Kier alpha value is 0.0731. The summed E-state index contributed by atoms with van der Waals surface area (Å²) in [6.45, 7) is 4.60. The molecule has 0 N–H and O–H groups in total. The van der Waals surface area contributed by atoms with E-state index in [1.807, 2.05) is 30.3 Å². The molecule has 0 bridgehead atoms. The van der Waals surface area contributed by atoms with Crippen molar-refractivity contribution in [1.82, 2.24) is 0 Å². The third-order valence-corrected chi connectivity index (χ3v) is 6.47. The van der Waals surface area contributed by atoms with E-state index in [1.54, 1.807) is 5.30 Å². The van der Waals surface area contributed by atoms with Crippen LogP contribution in [0.25, 0.3) is 10.8 Å². The molecule has 4 heteroatoms. The molecule has 0 unspecified atom stereocenters. The van der Waals surface area contributed by atoms with Crippen LogP contribution in [0.1, 0.15) is 26.7 Å². The topological polar surface area (TPSA) is 0 Å². The molecule has 3 aromatic rings. The molecule has 0 aliphatic rings. The molecule has 0 atom stereocenters. The van der Waals surface area contributed by atoms with Crippen molar-refractivity contribution in [2.45, 2.75) is 26.7 Å². The van der Waals surface area contributed by atoms with Crippen LogP contribution in [0.3, 0.4) is 0 Å². The second-order valence-electron chi connectivity index (χ2n) is 5.29. The van der Waals surface area contributed by atoms with Crippen LogP contribution in [-0.2, 0) is 26.2 Å². The fourth-order valence-electron chi connectivity index (χ4n) is 2.55. The molecular weight excluding hydrogens is 433 g/mol. The van der Waals surface area contributed by atoms with Gasteiger partial charge in [-0.25, -0.2) is 12.1 Å². The number of hydrogen-bond donors (Lipinski definition) is 0. The van der Waals surface area contributed by atoms with Crippen molar-refractivity contribution >= 4 is 24.0 Å². The van der Waals surface area contributed by atoms with Crippen LogP contribution in [0.15, 0.2) is 66.7 Å². The normalized spacial score (nSPS) is 9.29. The Bertz CT molecular complexity index is 563. The van der Waals surface area contributed by atoms with E-state index >= 15 is 0 Å². The van der Waals surface area contributed by atoms with Gasteiger partial charge in [0.2, 0.25) is 0 Å². The molecular formula is C20H25Cl2PZr. The van der Waals surface area contributed by atoms with Crippen molar-refractivity contribution in [3.05, 3.63) is 66.7 Å². The summed E-state index contributed by atoms with van der Waals surface area (Å²) >= 11 is 0. The molecule has 0 nitrogen and oxygen atoms in total. The van der Waals surface area contributed by atoms with Gasteiger partial charge in [0.05, 0.1) is 0 Å². The summed E-state index contributed by atoms with van der Waals surface area (Å²) in [7, 11) is 0.0972. The summed E-state index contributed by atoms with van der Waals surface area (Å²) in [5.41, 5.74) is 0. The second-order valence-corrected chi connectivity index (χ2v) is 7.78. The molecule has 0 amide bonds. The molecule has 24 heavy (non-hydrogen) atoms. The van der Waals surface area contributed by atoms with Gasteiger partial charge in [0.25, 0.3) is 0 Å². The standard InChI is InChI=1S/C15H20P.C5H5.2ClH.Zr/c1-3-9-16(10-4-2)15-11-13-7-5-6-8-14(13)12-15;1-2-4-5-3-1;;;/h5-8,11-12H,3-4,9-10H2,1-2H3;1-5H;2*1H;/q2*-1;;;+4/p-2. The van der Waals surface area contributed by atoms with Gasteiger partial charge in [0, 0.05) is 0 Å². The Morgan fingerprint density at radius 2 is 1.46 bits per heavy atom. The predicted molar refractivity (Wildman–Crippen MR) is 98.4 cm³/mol. The Labute approximate surface area is 179 Å². The molecule has 0 aliphatic carbocycles. The molecule has 0 saturated carbocycles. The van der Waals surface area contributed by atoms with Gasteiger partial charge in [0.1, 0.15) is 0 Å². The minimum absolute atomic E-state index is 0. The van der Waals surface area contributed by atoms with Gasteiger partial charge in [-0.2, -0.15) is 24.3 Å². The Morgan fingerprint density at radius 1 is 0.875 bits per heavy atom. The zero-order valence-electron chi connectivity index (χ0n) is 14.4. The van der Waals surface area contributed by atoms with Crippen LogP contribution in [0, 0.1) is 0 Å². The van der Waals surface area contributed by atoms with Gasteiger partial charge >= 0.3 is 26.2 Å². The van der Waals surface area contributed by atoms with E-state index in [4.69, 9.17) is 0 Å². The number of rotatable bonds is 5. The minimum atomic E-state index is 0. The first-order chi connectivity index (χ1) is 10.3. The monoisotopic (exact) mass is 456 g/mol. The van der Waals surface area contributed by atoms with Crippen molar-refractivity contribution < 1.29 is 51.0 Å². The largest absolute Gasteiger partial charge is 4.00 e. The molecule has 0 saturated heterocycles. The van der Waals surface area contributed by atoms with Crippen LogP contribution in [0.5, 0.6) is 0 Å². The molecule has 128 valence electrons. The Balaban J connectivity index is 0. The first-order valence-corrected chi connectivity index (χ1v) is 9.63. The molecule has 0 fully saturated rings. The quantitative estimate of drug-likeness (QED) is 0.370. The third kappa shape index (κ3) is 8.44. The summed E-state index contributed by atoms with van der Waals surface area (Å²) in [5, 5.41) is 4.44. The molecule has 0 aromatic heterocycles. The number of halogens is 2. The first kappa shape index (κ1) is 26.3. The van der Waals surface area contributed by atoms with Crippen LogP contribution in [0.4, 0.5) is 0 Å². The summed E-state index contributed by atoms with van der Waals surface area (Å²) in [6.07, 6.45) is 5.40. The second kappa shape index (κ2) is 15.3. The fraction of sp³-hybridized carbons (Fsp3) is 0.300. The summed E-state index contributed by atoms with van der Waals surface area (Å²) in [4.78, 5) is 0. The van der Waals surface area contributed by atoms with E-state index < -0.39 is 0 Å². The molecule has 0 spiro atoms. The average molecular weight is 459 g/mol. The van der Waals surface area contributed by atoms with Gasteiger partial charge in [-0.3, -0.25) is 0 Å². The Kier molecular flexibility index (Phi) is 16.8. The maximum Gasteiger partial charge on any atom is 4.00 e. The molecule has 0 radical (unpaired) electrons. The zero-order chi connectivity index (χ0) is 14.9. The maximum atomic E-state index is 2.41. The van der Waals surface area contributed by atoms with Crippen molar-refractivity contribution in [2.75, 3.05) is 12.3 Å². The number of fused-ring (bicyclic) bond motifs is 1. The molecule has 0 aliphatic heterocycles. The van der Waals surface area contributed by atoms with Gasteiger partial charge in [0.15, 0.2) is 0 Å². The van der Waals surface area contributed by atoms with E-state index in [0.717, 1.165) is 0 Å². The predicted octanol–water partition coefficient (Wildman–Crippen LogP) is -0.103. The summed E-state index contributed by atoms with van der Waals surface area (Å²) < 4.78 is 0. The summed E-state index contributed by atoms with van der Waals surface area (Å²) in [6, 6.07) is 23.5. The van der Waals surface area contributed by atoms with Crippen LogP contribution in [-0.4, -0.2) is 12.3 Å². The fourth-order valence-corrected chi connectivity index (χ4v) is 5.01. The molecule has 3 aromatic carbocycles. The van der Waals surface area contributed by atoms with Gasteiger partial charge in [-0.05, 0) is 12.3 Å². The van der Waals surface area contributed by atoms with Crippen molar-refractivity contribution in [3.8, 4) is 0 Å². The maximum absolute atomic E-state index is 2.41. The number of benzene rings is 1. The summed E-state index contributed by atoms with van der Waals surface area (Å²) in [5.74, 6) is 0. The number of hydrogen-bond acceptors (Lipinski definition) is 0. The smallest absolute Gasteiger partial charge is 1.00 e. The third-order valence-electron chi connectivity index (χ3n) is 3.51. The van der Waals surface area contributed by atoms with Crippen molar-refractivity contribution in [2.24, 2.45) is 0 Å². The molecule has 3 rings (SSSR count). The Morgan fingerprint density at radius 3 is 1.92 bits per heavy atom. The molecule has 0 heterocycles. The first-order valence-electron chi connectivity index (χ1n) is 7.92. The average Bonchev–Trinajstić information content (AvgIpc) is 3.19. The van der Waals surface area contributed by atoms with Gasteiger partial charge in [-0.1, -0.05) is 40.7 Å².